The first-order chi connectivity index (χ1) is 29.5. The zero-order valence-electron chi connectivity index (χ0n) is 34.7. The summed E-state index contributed by atoms with van der Waals surface area (Å²) in [4.78, 5) is 50.5. The zero-order chi connectivity index (χ0) is 41.3. The van der Waals surface area contributed by atoms with E-state index in [9.17, 15) is 9.59 Å². The second kappa shape index (κ2) is 19.7. The fraction of sp³-hybridized carbons (Fsp3) is 0.417. The molecule has 3 saturated heterocycles. The first kappa shape index (κ1) is 41.2. The average Bonchev–Trinajstić information content (AvgIpc) is 4.14. The van der Waals surface area contributed by atoms with Gasteiger partial charge in [0.05, 0.1) is 42.9 Å². The number of carbonyl (C=O) groups is 2. The Kier molecular flexibility index (Phi) is 13.5. The lowest BCUT2D eigenvalue weighted by atomic mass is 10.00. The number of benzene rings is 3. The minimum atomic E-state index is -0.335. The molecule has 0 bridgehead atoms. The molecular weight excluding hydrogens is 753 g/mol. The van der Waals surface area contributed by atoms with E-state index in [0.717, 1.165) is 103 Å². The van der Waals surface area contributed by atoms with Crippen molar-refractivity contribution < 1.29 is 19.1 Å². The summed E-state index contributed by atoms with van der Waals surface area (Å²) >= 11 is 0. The number of hydrogen-bond acceptors (Lipinski definition) is 8. The highest BCUT2D eigenvalue weighted by atomic mass is 16.7. The maximum Gasteiger partial charge on any atom is 0.245 e. The highest BCUT2D eigenvalue weighted by Crippen LogP contribution is 2.37. The molecule has 3 aliphatic rings. The number of carbonyl (C=O) groups excluding carboxylic acids is 2. The van der Waals surface area contributed by atoms with Crippen LogP contribution >= 0.6 is 0 Å². The van der Waals surface area contributed by atoms with E-state index in [4.69, 9.17) is 14.5 Å². The normalized spacial score (nSPS) is 19.2. The van der Waals surface area contributed by atoms with Gasteiger partial charge in [-0.1, -0.05) is 86.0 Å². The molecule has 3 aliphatic heterocycles. The van der Waals surface area contributed by atoms with Gasteiger partial charge in [-0.15, -0.1) is 0 Å². The lowest BCUT2D eigenvalue weighted by molar-refractivity contribution is -0.139. The minimum absolute atomic E-state index is 0.0520. The van der Waals surface area contributed by atoms with Crippen molar-refractivity contribution in [3.63, 3.8) is 0 Å². The Morgan fingerprint density at radius 3 is 2.07 bits per heavy atom. The highest BCUT2D eigenvalue weighted by Gasteiger charge is 2.39. The van der Waals surface area contributed by atoms with Crippen LogP contribution in [0.1, 0.15) is 105 Å². The standard InChI is InChI=1S/C48H56N8O4/c1-3-40(51-32-60-33-59-2)47(57)55-28-10-14-42(55)45-49-30-39(52-45)25-18-34-16-19-35(20-17-34)36-21-23-37(24-22-36)41-31-50-46(53-41)43-15-11-29-56(43)48(58)44(38-12-6-4-7-13-38)54-26-8-5-9-27-54/h4,6-7,12-13,16-17,19-24,30-31,40,42-44,51H,3,5,8-11,14-15,26-29,32-33H2,1-2H3,(H,49,52)(H,50,53)/t40-,42+,43+,44-/m1/s1. The summed E-state index contributed by atoms with van der Waals surface area (Å²) in [6.45, 7) is 5.76. The number of hydrogen-bond donors (Lipinski definition) is 3. The predicted molar refractivity (Wildman–Crippen MR) is 231 cm³/mol. The molecule has 2 aromatic heterocycles. The van der Waals surface area contributed by atoms with Crippen molar-refractivity contribution in [2.75, 3.05) is 46.8 Å². The van der Waals surface area contributed by atoms with E-state index in [1.54, 1.807) is 13.3 Å². The number of rotatable bonds is 14. The van der Waals surface area contributed by atoms with Gasteiger partial charge in [0.2, 0.25) is 11.8 Å². The van der Waals surface area contributed by atoms with Crippen LogP contribution in [0.2, 0.25) is 0 Å². The number of likely N-dealkylation sites (tertiary alicyclic amines) is 3. The summed E-state index contributed by atoms with van der Waals surface area (Å²) in [5.41, 5.74) is 6.87. The second-order valence-electron chi connectivity index (χ2n) is 16.0. The maximum atomic E-state index is 14.3. The topological polar surface area (TPSA) is 132 Å². The van der Waals surface area contributed by atoms with E-state index in [-0.39, 0.29) is 49.5 Å². The van der Waals surface area contributed by atoms with Crippen LogP contribution in [0.4, 0.5) is 0 Å². The molecule has 8 rings (SSSR count). The van der Waals surface area contributed by atoms with Crippen LogP contribution < -0.4 is 5.32 Å². The SMILES string of the molecule is CC[C@@H](NCOCOC)C(=O)N1CCC[C@H]1c1ncc(C#Cc2ccc(-c3ccc(-c4cnc([C@@H]5CCCN5C(=O)[C@@H](c5ccccc5)N5CCCCC5)[nH]4)cc3)cc2)[nH]1. The van der Waals surface area contributed by atoms with Gasteiger partial charge in [0.1, 0.15) is 30.2 Å². The van der Waals surface area contributed by atoms with Gasteiger partial charge in [0.15, 0.2) is 0 Å². The Hall–Kier alpha value is -5.58. The van der Waals surface area contributed by atoms with Crippen molar-refractivity contribution in [1.29, 1.82) is 0 Å². The first-order valence-electron chi connectivity index (χ1n) is 21.5. The molecule has 5 heterocycles. The average molecular weight is 809 g/mol. The van der Waals surface area contributed by atoms with Crippen LogP contribution in [0.25, 0.3) is 22.4 Å². The van der Waals surface area contributed by atoms with Gasteiger partial charge in [-0.2, -0.15) is 0 Å². The molecule has 60 heavy (non-hydrogen) atoms. The van der Waals surface area contributed by atoms with Crippen LogP contribution in [-0.4, -0.2) is 99.3 Å². The van der Waals surface area contributed by atoms with E-state index in [1.165, 1.54) is 6.42 Å². The molecule has 0 spiro atoms. The van der Waals surface area contributed by atoms with Crippen molar-refractivity contribution in [2.45, 2.75) is 82.5 Å². The molecular formula is C48H56N8O4. The van der Waals surface area contributed by atoms with Crippen molar-refractivity contribution in [3.05, 3.63) is 120 Å². The maximum absolute atomic E-state index is 14.3. The van der Waals surface area contributed by atoms with Crippen LogP contribution in [0.5, 0.6) is 0 Å². The number of ether oxygens (including phenoxy) is 2. The van der Waals surface area contributed by atoms with E-state index in [2.05, 4.69) is 90.4 Å². The molecule has 0 aliphatic carbocycles. The van der Waals surface area contributed by atoms with Gasteiger partial charge in [-0.3, -0.25) is 19.8 Å². The van der Waals surface area contributed by atoms with E-state index >= 15 is 0 Å². The number of amides is 2. The quantitative estimate of drug-likeness (QED) is 0.0603. The Bertz CT molecular complexity index is 2240. The number of aromatic nitrogens is 4. The Labute approximate surface area is 353 Å². The third kappa shape index (κ3) is 9.40. The Morgan fingerprint density at radius 1 is 0.750 bits per heavy atom. The van der Waals surface area contributed by atoms with Crippen molar-refractivity contribution >= 4 is 11.8 Å². The number of nitrogens with zero attached hydrogens (tertiary/aromatic N) is 5. The highest BCUT2D eigenvalue weighted by molar-refractivity contribution is 5.84. The van der Waals surface area contributed by atoms with Crippen molar-refractivity contribution in [2.24, 2.45) is 0 Å². The van der Waals surface area contributed by atoms with Crippen LogP contribution in [0, 0.1) is 11.8 Å². The number of imidazole rings is 2. The van der Waals surface area contributed by atoms with Gasteiger partial charge >= 0.3 is 0 Å². The van der Waals surface area contributed by atoms with Gasteiger partial charge in [-0.25, -0.2) is 9.97 Å². The fourth-order valence-electron chi connectivity index (χ4n) is 8.95. The molecule has 0 unspecified atom stereocenters. The third-order valence-corrected chi connectivity index (χ3v) is 12.1. The molecule has 12 heteroatoms. The minimum Gasteiger partial charge on any atom is -0.359 e. The van der Waals surface area contributed by atoms with Gasteiger partial charge in [-0.05, 0) is 98.3 Å². The molecule has 312 valence electrons. The van der Waals surface area contributed by atoms with Gasteiger partial charge in [0.25, 0.3) is 0 Å². The largest absolute Gasteiger partial charge is 0.359 e. The molecule has 3 aromatic carbocycles. The van der Waals surface area contributed by atoms with Crippen LogP contribution in [0.15, 0.2) is 91.3 Å². The third-order valence-electron chi connectivity index (χ3n) is 12.1. The number of aromatic amines is 2. The summed E-state index contributed by atoms with van der Waals surface area (Å²) in [6.07, 6.45) is 11.4. The molecule has 12 nitrogen and oxygen atoms in total. The number of nitrogens with one attached hydrogen (secondary N) is 3. The Morgan fingerprint density at radius 2 is 1.38 bits per heavy atom. The molecule has 5 aromatic rings. The fourth-order valence-corrected chi connectivity index (χ4v) is 8.95. The van der Waals surface area contributed by atoms with E-state index < -0.39 is 0 Å². The molecule has 0 saturated carbocycles. The van der Waals surface area contributed by atoms with Crippen molar-refractivity contribution in [3.8, 4) is 34.2 Å². The molecule has 3 N–H and O–H groups in total. The van der Waals surface area contributed by atoms with Gasteiger partial charge < -0.3 is 29.2 Å². The first-order valence-corrected chi connectivity index (χ1v) is 21.5. The molecule has 3 fully saturated rings. The van der Waals surface area contributed by atoms with Gasteiger partial charge in [0, 0.05) is 25.8 Å². The van der Waals surface area contributed by atoms with Crippen LogP contribution in [-0.2, 0) is 19.1 Å². The van der Waals surface area contributed by atoms with Crippen LogP contribution in [0.3, 0.4) is 0 Å². The lowest BCUT2D eigenvalue weighted by Crippen LogP contribution is -2.46. The monoisotopic (exact) mass is 808 g/mol. The number of methoxy groups -OCH3 is 1. The summed E-state index contributed by atoms with van der Waals surface area (Å²) in [6, 6.07) is 26.2. The summed E-state index contributed by atoms with van der Waals surface area (Å²) in [7, 11) is 1.57. The molecule has 0 radical (unpaired) electrons. The summed E-state index contributed by atoms with van der Waals surface area (Å²) in [5, 5.41) is 3.19. The number of H-pyrrole nitrogens is 2. The smallest absolute Gasteiger partial charge is 0.245 e. The Balaban J connectivity index is 0.887. The number of piperidine rings is 1. The second-order valence-corrected chi connectivity index (χ2v) is 16.0. The predicted octanol–water partition coefficient (Wildman–Crippen LogP) is 7.37. The summed E-state index contributed by atoms with van der Waals surface area (Å²) in [5.74, 6) is 8.33. The summed E-state index contributed by atoms with van der Waals surface area (Å²) < 4.78 is 10.3. The van der Waals surface area contributed by atoms with E-state index in [1.807, 2.05) is 48.4 Å². The molecule has 2 amide bonds. The van der Waals surface area contributed by atoms with E-state index in [0.29, 0.717) is 18.7 Å². The lowest BCUT2D eigenvalue weighted by Gasteiger charge is -2.37. The zero-order valence-corrected chi connectivity index (χ0v) is 34.7. The molecule has 4 atom stereocenters. The van der Waals surface area contributed by atoms with Crippen molar-refractivity contribution in [1.82, 2.24) is 40.0 Å².